The summed E-state index contributed by atoms with van der Waals surface area (Å²) in [4.78, 5) is 12.3. The van der Waals surface area contributed by atoms with Crippen LogP contribution >= 0.6 is 22.6 Å². The summed E-state index contributed by atoms with van der Waals surface area (Å²) in [7, 11) is 3.21. The normalized spacial score (nSPS) is 10.8. The lowest BCUT2D eigenvalue weighted by Gasteiger charge is -2.08. The highest BCUT2D eigenvalue weighted by atomic mass is 127. The minimum Gasteiger partial charge on any atom is -0.497 e. The molecule has 0 saturated carbocycles. The number of hydrogen-bond donors (Lipinski definition) is 1. The summed E-state index contributed by atoms with van der Waals surface area (Å²) < 4.78 is 13.3. The van der Waals surface area contributed by atoms with Crippen molar-refractivity contribution in [3.8, 4) is 17.2 Å². The Kier molecular flexibility index (Phi) is 6.12. The Morgan fingerprint density at radius 2 is 1.89 bits per heavy atom. The van der Waals surface area contributed by atoms with E-state index in [0.29, 0.717) is 11.3 Å². The van der Waals surface area contributed by atoms with Crippen molar-refractivity contribution in [2.75, 3.05) is 14.2 Å². The van der Waals surface area contributed by atoms with Crippen molar-refractivity contribution in [2.24, 2.45) is 5.10 Å². The van der Waals surface area contributed by atoms with Crippen molar-refractivity contribution in [3.05, 3.63) is 75.6 Å². The molecule has 0 aliphatic carbocycles. The van der Waals surface area contributed by atoms with Gasteiger partial charge in [0, 0.05) is 17.4 Å². The second-order valence-corrected chi connectivity index (χ2v) is 6.71. The predicted octanol–water partition coefficient (Wildman–Crippen LogP) is 3.86. The number of nitrogens with one attached hydrogen (secondary N) is 1. The van der Waals surface area contributed by atoms with E-state index < -0.39 is 0 Å². The molecule has 1 heterocycles. The fourth-order valence-corrected chi connectivity index (χ4v) is 3.06. The maximum atomic E-state index is 12.3. The van der Waals surface area contributed by atoms with E-state index in [2.05, 4.69) is 33.1 Å². The van der Waals surface area contributed by atoms with Gasteiger partial charge in [0.25, 0.3) is 5.91 Å². The number of hydrogen-bond acceptors (Lipinski definition) is 4. The second-order valence-electron chi connectivity index (χ2n) is 5.55. The van der Waals surface area contributed by atoms with Gasteiger partial charge in [-0.25, -0.2) is 5.43 Å². The van der Waals surface area contributed by atoms with Gasteiger partial charge in [-0.15, -0.1) is 0 Å². The number of ether oxygens (including phenoxy) is 2. The number of carbonyl (C=O) groups is 1. The van der Waals surface area contributed by atoms with Crippen molar-refractivity contribution >= 4 is 34.7 Å². The molecule has 0 aliphatic heterocycles. The average Bonchev–Trinajstić information content (AvgIpc) is 3.16. The Morgan fingerprint density at radius 1 is 1.11 bits per heavy atom. The van der Waals surface area contributed by atoms with Gasteiger partial charge in [-0.3, -0.25) is 4.79 Å². The van der Waals surface area contributed by atoms with Gasteiger partial charge in [-0.2, -0.15) is 5.10 Å². The Hall–Kier alpha value is -2.81. The lowest BCUT2D eigenvalue weighted by molar-refractivity contribution is 0.0954. The molecule has 0 radical (unpaired) electrons. The molecular formula is C20H18IN3O3. The van der Waals surface area contributed by atoms with Gasteiger partial charge >= 0.3 is 0 Å². The summed E-state index contributed by atoms with van der Waals surface area (Å²) in [6, 6.07) is 16.8. The van der Waals surface area contributed by atoms with Gasteiger partial charge < -0.3 is 14.0 Å². The van der Waals surface area contributed by atoms with Crippen LogP contribution in [0.25, 0.3) is 5.69 Å². The maximum absolute atomic E-state index is 12.3. The van der Waals surface area contributed by atoms with E-state index >= 15 is 0 Å². The van der Waals surface area contributed by atoms with Crippen LogP contribution in [0.1, 0.15) is 16.1 Å². The number of benzene rings is 2. The van der Waals surface area contributed by atoms with E-state index in [9.17, 15) is 4.79 Å². The van der Waals surface area contributed by atoms with Crippen molar-refractivity contribution < 1.29 is 14.3 Å². The summed E-state index contributed by atoms with van der Waals surface area (Å²) in [5.74, 6) is 1.14. The van der Waals surface area contributed by atoms with Gasteiger partial charge in [0.2, 0.25) is 0 Å². The van der Waals surface area contributed by atoms with Crippen molar-refractivity contribution in [3.63, 3.8) is 0 Å². The van der Waals surface area contributed by atoms with E-state index in [4.69, 9.17) is 9.47 Å². The minimum atomic E-state index is -0.302. The topological polar surface area (TPSA) is 64.8 Å². The standard InChI is InChI=1S/C20H18IN3O3/c1-26-17-8-6-15(7-9-17)24-11-3-4-16(24)13-22-23-20(25)14-5-10-18(21)19(12-14)27-2/h3-13H,1-2H3,(H,23,25)/b22-13+. The molecule has 138 valence electrons. The van der Waals surface area contributed by atoms with Crippen LogP contribution in [0.4, 0.5) is 0 Å². The number of rotatable bonds is 6. The molecule has 0 aliphatic rings. The molecule has 3 rings (SSSR count). The first-order chi connectivity index (χ1) is 13.1. The first-order valence-electron chi connectivity index (χ1n) is 8.11. The van der Waals surface area contributed by atoms with E-state index in [1.165, 1.54) is 0 Å². The Bertz CT molecular complexity index is 965. The van der Waals surface area contributed by atoms with Gasteiger partial charge in [-0.05, 0) is 77.2 Å². The van der Waals surface area contributed by atoms with Crippen molar-refractivity contribution in [2.45, 2.75) is 0 Å². The number of hydrazone groups is 1. The molecule has 0 spiro atoms. The lowest BCUT2D eigenvalue weighted by Crippen LogP contribution is -2.18. The molecule has 27 heavy (non-hydrogen) atoms. The van der Waals surface area contributed by atoms with Gasteiger partial charge in [0.15, 0.2) is 0 Å². The second kappa shape index (κ2) is 8.72. The highest BCUT2D eigenvalue weighted by molar-refractivity contribution is 14.1. The Balaban J connectivity index is 1.72. The van der Waals surface area contributed by atoms with Crippen molar-refractivity contribution in [1.29, 1.82) is 0 Å². The fourth-order valence-electron chi connectivity index (χ4n) is 2.50. The third-order valence-corrected chi connectivity index (χ3v) is 4.80. The van der Waals surface area contributed by atoms with Crippen molar-refractivity contribution in [1.82, 2.24) is 9.99 Å². The number of halogens is 1. The van der Waals surface area contributed by atoms with E-state index in [-0.39, 0.29) is 5.91 Å². The van der Waals surface area contributed by atoms with E-state index in [1.54, 1.807) is 32.6 Å². The first-order valence-corrected chi connectivity index (χ1v) is 9.19. The summed E-state index contributed by atoms with van der Waals surface area (Å²) in [5, 5.41) is 4.08. The zero-order valence-corrected chi connectivity index (χ0v) is 17.0. The molecule has 0 bridgehead atoms. The number of methoxy groups -OCH3 is 2. The van der Waals surface area contributed by atoms with Gasteiger partial charge in [-0.1, -0.05) is 0 Å². The van der Waals surface area contributed by atoms with Crippen LogP contribution in [0, 0.1) is 3.57 Å². The molecule has 1 N–H and O–H groups in total. The molecule has 3 aromatic rings. The summed E-state index contributed by atoms with van der Waals surface area (Å²) >= 11 is 2.15. The Morgan fingerprint density at radius 3 is 2.59 bits per heavy atom. The fraction of sp³-hybridized carbons (Fsp3) is 0.100. The van der Waals surface area contributed by atoms with Gasteiger partial charge in [0.05, 0.1) is 29.7 Å². The molecule has 1 aromatic heterocycles. The smallest absolute Gasteiger partial charge is 0.271 e. The summed E-state index contributed by atoms with van der Waals surface area (Å²) in [6.45, 7) is 0. The van der Waals surface area contributed by atoms with Crippen LogP contribution in [0.15, 0.2) is 65.9 Å². The predicted molar refractivity (Wildman–Crippen MR) is 113 cm³/mol. The van der Waals surface area contributed by atoms with Crippen LogP contribution < -0.4 is 14.9 Å². The zero-order chi connectivity index (χ0) is 19.2. The van der Waals surface area contributed by atoms with Crippen LogP contribution in [-0.4, -0.2) is 30.9 Å². The van der Waals surface area contributed by atoms with E-state index in [1.807, 2.05) is 53.2 Å². The minimum absolute atomic E-state index is 0.302. The van der Waals surface area contributed by atoms with Crippen LogP contribution in [0.2, 0.25) is 0 Å². The third-order valence-electron chi connectivity index (χ3n) is 3.91. The highest BCUT2D eigenvalue weighted by Crippen LogP contribution is 2.21. The summed E-state index contributed by atoms with van der Waals surface area (Å²) in [6.07, 6.45) is 3.53. The number of carbonyl (C=O) groups excluding carboxylic acids is 1. The monoisotopic (exact) mass is 475 g/mol. The molecule has 7 heteroatoms. The maximum Gasteiger partial charge on any atom is 0.271 e. The summed E-state index contributed by atoms with van der Waals surface area (Å²) in [5.41, 5.74) is 4.83. The Labute approximate surface area is 170 Å². The number of nitrogens with zero attached hydrogens (tertiary/aromatic N) is 2. The number of aromatic nitrogens is 1. The van der Waals surface area contributed by atoms with Crippen LogP contribution in [-0.2, 0) is 0 Å². The largest absolute Gasteiger partial charge is 0.497 e. The van der Waals surface area contributed by atoms with Gasteiger partial charge in [0.1, 0.15) is 11.5 Å². The quantitative estimate of drug-likeness (QED) is 0.335. The van der Waals surface area contributed by atoms with Crippen LogP contribution in [0.3, 0.4) is 0 Å². The van der Waals surface area contributed by atoms with Crippen LogP contribution in [0.5, 0.6) is 11.5 Å². The first kappa shape index (κ1) is 19.0. The molecule has 0 saturated heterocycles. The molecular weight excluding hydrogens is 457 g/mol. The highest BCUT2D eigenvalue weighted by Gasteiger charge is 2.08. The molecule has 6 nitrogen and oxygen atoms in total. The lowest BCUT2D eigenvalue weighted by atomic mass is 10.2. The average molecular weight is 475 g/mol. The SMILES string of the molecule is COc1ccc(-n2cccc2/C=N/NC(=O)c2ccc(I)c(OC)c2)cc1. The molecule has 1 amide bonds. The third kappa shape index (κ3) is 4.48. The molecule has 0 fully saturated rings. The molecule has 0 unspecified atom stereocenters. The van der Waals surface area contributed by atoms with E-state index in [0.717, 1.165) is 20.7 Å². The zero-order valence-electron chi connectivity index (χ0n) is 14.8. The molecule has 0 atom stereocenters. The molecule has 2 aromatic carbocycles. The number of amides is 1.